The molecule has 1 unspecified atom stereocenters. The van der Waals surface area contributed by atoms with Crippen molar-refractivity contribution in [3.63, 3.8) is 0 Å². The number of rotatable bonds is 8. The van der Waals surface area contributed by atoms with Crippen LogP contribution in [0, 0.1) is 29.1 Å². The maximum Gasteiger partial charge on any atom is 0.321 e. The van der Waals surface area contributed by atoms with E-state index in [4.69, 9.17) is 21.5 Å². The Kier molecular flexibility index (Phi) is 5.58. The quantitative estimate of drug-likeness (QED) is 0.472. The van der Waals surface area contributed by atoms with Crippen LogP contribution >= 0.6 is 0 Å². The maximum atomic E-state index is 13.0. The number of nitriles is 1. The van der Waals surface area contributed by atoms with Crippen LogP contribution in [0.5, 0.6) is 6.01 Å². The van der Waals surface area contributed by atoms with Crippen molar-refractivity contribution >= 4 is 23.5 Å². The lowest BCUT2D eigenvalue weighted by molar-refractivity contribution is -0.0441. The summed E-state index contributed by atoms with van der Waals surface area (Å²) < 4.78 is 5.82. The first kappa shape index (κ1) is 23.4. The van der Waals surface area contributed by atoms with Crippen LogP contribution in [-0.2, 0) is 0 Å². The highest BCUT2D eigenvalue weighted by Gasteiger charge is 2.57. The Labute approximate surface area is 213 Å². The number of nitrogens with one attached hydrogen (secondary N) is 1. The molecule has 12 heteroatoms. The molecule has 37 heavy (non-hydrogen) atoms. The second-order valence-corrected chi connectivity index (χ2v) is 10.8. The predicted molar refractivity (Wildman–Crippen MR) is 131 cm³/mol. The maximum absolute atomic E-state index is 13.0. The molecule has 4 saturated carbocycles. The highest BCUT2D eigenvalue weighted by atomic mass is 16.5. The molecule has 2 aromatic heterocycles. The van der Waals surface area contributed by atoms with Crippen LogP contribution in [0.2, 0.25) is 0 Å². The van der Waals surface area contributed by atoms with E-state index >= 15 is 0 Å². The Balaban J connectivity index is 1.17. The number of aromatic nitrogens is 4. The van der Waals surface area contributed by atoms with Crippen LogP contribution < -0.4 is 26.4 Å². The van der Waals surface area contributed by atoms with Gasteiger partial charge in [0.15, 0.2) is 5.69 Å². The first-order valence-corrected chi connectivity index (χ1v) is 12.7. The van der Waals surface area contributed by atoms with Crippen molar-refractivity contribution in [2.45, 2.75) is 50.0 Å². The zero-order chi connectivity index (χ0) is 25.7. The number of nitrogens with two attached hydrogens (primary N) is 2. The molecule has 0 aromatic carbocycles. The Bertz CT molecular complexity index is 1280. The minimum atomic E-state index is -0.647. The van der Waals surface area contributed by atoms with E-state index in [-0.39, 0.29) is 52.4 Å². The van der Waals surface area contributed by atoms with E-state index in [1.54, 1.807) is 6.07 Å². The SMILES string of the molecule is N#CC1C[C@@H]1COc1nc(C(=O)NC23CC(C2)C3)nc(N2CCC(c3ccc(N)c(C(N)=O)n3)CC2)n1. The molecule has 4 aliphatic carbocycles. The summed E-state index contributed by atoms with van der Waals surface area (Å²) in [6.45, 7) is 1.58. The summed E-state index contributed by atoms with van der Waals surface area (Å²) in [5.74, 6) is 0.501. The minimum absolute atomic E-state index is 0.00408. The Morgan fingerprint density at radius 2 is 1.92 bits per heavy atom. The normalized spacial score (nSPS) is 27.9. The third-order valence-corrected chi connectivity index (χ3v) is 8.12. The van der Waals surface area contributed by atoms with Gasteiger partial charge in [0, 0.05) is 36.2 Å². The number of nitrogens with zero attached hydrogens (tertiary/aromatic N) is 6. The fraction of sp³-hybridized carbons (Fsp3) is 0.560. The summed E-state index contributed by atoms with van der Waals surface area (Å²) in [4.78, 5) is 44.4. The molecule has 5 N–H and O–H groups in total. The minimum Gasteiger partial charge on any atom is -0.463 e. The topological polar surface area (TPSA) is 186 Å². The number of carbonyl (C=O) groups excluding carboxylic acids is 2. The molecule has 7 rings (SSSR count). The molecule has 2 bridgehead atoms. The number of pyridine rings is 1. The van der Waals surface area contributed by atoms with Gasteiger partial charge in [-0.05, 0) is 56.6 Å². The predicted octanol–water partition coefficient (Wildman–Crippen LogP) is 1.15. The zero-order valence-corrected chi connectivity index (χ0v) is 20.4. The molecule has 2 atom stereocenters. The molecule has 1 saturated heterocycles. The number of primary amides is 1. The second-order valence-electron chi connectivity index (χ2n) is 10.8. The number of nitrogen functional groups attached to an aromatic ring is 1. The fourth-order valence-corrected chi connectivity index (χ4v) is 5.64. The van der Waals surface area contributed by atoms with Crippen molar-refractivity contribution in [2.24, 2.45) is 23.5 Å². The van der Waals surface area contributed by atoms with E-state index in [0.29, 0.717) is 25.6 Å². The molecule has 5 fully saturated rings. The molecular weight excluding hydrogens is 474 g/mol. The Morgan fingerprint density at radius 1 is 1.16 bits per heavy atom. The van der Waals surface area contributed by atoms with Gasteiger partial charge in [-0.2, -0.15) is 20.2 Å². The van der Waals surface area contributed by atoms with E-state index in [1.165, 1.54) is 0 Å². The van der Waals surface area contributed by atoms with Crippen molar-refractivity contribution in [1.29, 1.82) is 5.26 Å². The van der Waals surface area contributed by atoms with Gasteiger partial charge in [-0.25, -0.2) is 4.98 Å². The molecule has 12 nitrogen and oxygen atoms in total. The zero-order valence-electron chi connectivity index (χ0n) is 20.4. The van der Waals surface area contributed by atoms with Gasteiger partial charge in [0.05, 0.1) is 24.3 Å². The van der Waals surface area contributed by atoms with Crippen LogP contribution in [0.3, 0.4) is 0 Å². The Hall–Kier alpha value is -4.01. The van der Waals surface area contributed by atoms with Crippen molar-refractivity contribution in [3.05, 3.63) is 29.3 Å². The van der Waals surface area contributed by atoms with Gasteiger partial charge in [-0.3, -0.25) is 9.59 Å². The standard InChI is InChI=1S/C25H29N9O3/c26-11-15-7-16(15)12-37-24-31-21(22(36)33-25-8-13(9-25)10-25)30-23(32-24)34-5-3-14(4-6-34)18-2-1-17(27)19(29-18)20(28)35/h1-2,13-16H,3-10,12,27H2,(H2,28,35)(H,33,36)/t13?,15?,16-,25?/m1/s1. The molecular formula is C25H29N9O3. The number of hydrogen-bond acceptors (Lipinski definition) is 10. The molecule has 0 spiro atoms. The van der Waals surface area contributed by atoms with Crippen LogP contribution in [-0.4, -0.2) is 57.0 Å². The highest BCUT2D eigenvalue weighted by Crippen LogP contribution is 2.57. The highest BCUT2D eigenvalue weighted by molar-refractivity contribution is 5.95. The summed E-state index contributed by atoms with van der Waals surface area (Å²) >= 11 is 0. The lowest BCUT2D eigenvalue weighted by Crippen LogP contribution is -2.68. The third-order valence-electron chi connectivity index (χ3n) is 8.12. The fourth-order valence-electron chi connectivity index (χ4n) is 5.64. The van der Waals surface area contributed by atoms with Crippen LogP contribution in [0.15, 0.2) is 12.1 Å². The molecule has 5 aliphatic rings. The van der Waals surface area contributed by atoms with E-state index < -0.39 is 5.91 Å². The largest absolute Gasteiger partial charge is 0.463 e. The summed E-state index contributed by atoms with van der Waals surface area (Å²) in [6.07, 6.45) is 5.34. The summed E-state index contributed by atoms with van der Waals surface area (Å²) in [6, 6.07) is 5.84. The van der Waals surface area contributed by atoms with Crippen molar-refractivity contribution in [2.75, 3.05) is 30.3 Å². The van der Waals surface area contributed by atoms with Gasteiger partial charge in [0.1, 0.15) is 0 Å². The lowest BCUT2D eigenvalue weighted by Gasteiger charge is -2.61. The summed E-state index contributed by atoms with van der Waals surface area (Å²) in [5.41, 5.74) is 12.3. The molecule has 192 valence electrons. The average Bonchev–Trinajstić information content (AvgIpc) is 3.63. The molecule has 0 radical (unpaired) electrons. The number of amides is 2. The van der Waals surface area contributed by atoms with Gasteiger partial charge in [-0.15, -0.1) is 0 Å². The first-order chi connectivity index (χ1) is 17.8. The number of carbonyl (C=O) groups is 2. The first-order valence-electron chi connectivity index (χ1n) is 12.7. The van der Waals surface area contributed by atoms with Crippen molar-refractivity contribution in [3.8, 4) is 12.1 Å². The van der Waals surface area contributed by atoms with Gasteiger partial charge in [-0.1, -0.05) is 0 Å². The average molecular weight is 504 g/mol. The van der Waals surface area contributed by atoms with Crippen molar-refractivity contribution in [1.82, 2.24) is 25.3 Å². The lowest BCUT2D eigenvalue weighted by atomic mass is 9.50. The van der Waals surface area contributed by atoms with Crippen LogP contribution in [0.25, 0.3) is 0 Å². The monoisotopic (exact) mass is 503 g/mol. The molecule has 3 heterocycles. The van der Waals surface area contributed by atoms with E-state index in [9.17, 15) is 9.59 Å². The van der Waals surface area contributed by atoms with Gasteiger partial charge < -0.3 is 26.4 Å². The summed E-state index contributed by atoms with van der Waals surface area (Å²) in [5, 5.41) is 12.2. The smallest absolute Gasteiger partial charge is 0.321 e. The van der Waals surface area contributed by atoms with Crippen molar-refractivity contribution < 1.29 is 14.3 Å². The van der Waals surface area contributed by atoms with Crippen LogP contribution in [0.4, 0.5) is 11.6 Å². The number of piperidine rings is 1. The molecule has 2 aromatic rings. The van der Waals surface area contributed by atoms with Gasteiger partial charge in [0.25, 0.3) is 11.8 Å². The summed E-state index contributed by atoms with van der Waals surface area (Å²) in [7, 11) is 0. The third kappa shape index (κ3) is 4.50. The number of ether oxygens (including phenoxy) is 1. The number of anilines is 2. The molecule has 1 aliphatic heterocycles. The molecule has 2 amide bonds. The van der Waals surface area contributed by atoms with E-state index in [2.05, 4.69) is 31.3 Å². The van der Waals surface area contributed by atoms with Crippen LogP contribution in [0.1, 0.15) is 71.2 Å². The van der Waals surface area contributed by atoms with E-state index in [1.807, 2.05) is 11.0 Å². The van der Waals surface area contributed by atoms with Gasteiger partial charge >= 0.3 is 6.01 Å². The van der Waals surface area contributed by atoms with Gasteiger partial charge in [0.2, 0.25) is 11.8 Å². The number of hydrogen-bond donors (Lipinski definition) is 3. The Morgan fingerprint density at radius 3 is 2.54 bits per heavy atom. The second kappa shape index (κ2) is 8.83. The van der Waals surface area contributed by atoms with E-state index in [0.717, 1.165) is 50.1 Å².